The van der Waals surface area contributed by atoms with Gasteiger partial charge in [-0.15, -0.1) is 0 Å². The average molecular weight is 288 g/mol. The van der Waals surface area contributed by atoms with Gasteiger partial charge < -0.3 is 15.0 Å². The summed E-state index contributed by atoms with van der Waals surface area (Å²) in [6.45, 7) is 1.61. The maximum Gasteiger partial charge on any atom is 0.303 e. The number of hydrogen-bond acceptors (Lipinski definition) is 2. The molecule has 0 saturated carbocycles. The zero-order valence-electron chi connectivity index (χ0n) is 11.2. The van der Waals surface area contributed by atoms with Crippen LogP contribution in [0.5, 0.6) is 0 Å². The molecular weight excluding hydrogens is 270 g/mol. The van der Waals surface area contributed by atoms with Gasteiger partial charge in [-0.1, -0.05) is 6.92 Å². The molecule has 2 N–H and O–H groups in total. The van der Waals surface area contributed by atoms with Crippen LogP contribution in [0.25, 0.3) is 0 Å². The second-order valence-corrected chi connectivity index (χ2v) is 4.68. The van der Waals surface area contributed by atoms with E-state index in [2.05, 4.69) is 5.32 Å². The molecule has 0 radical (unpaired) electrons. The second kappa shape index (κ2) is 7.62. The maximum absolute atomic E-state index is 12.3. The van der Waals surface area contributed by atoms with Gasteiger partial charge in [0.05, 0.1) is 6.54 Å². The minimum Gasteiger partial charge on any atom is -0.481 e. The van der Waals surface area contributed by atoms with Gasteiger partial charge in [-0.05, 0) is 24.5 Å². The van der Waals surface area contributed by atoms with Crippen LogP contribution in [0.3, 0.4) is 0 Å². The van der Waals surface area contributed by atoms with Crippen LogP contribution in [0.15, 0.2) is 18.3 Å². The summed E-state index contributed by atoms with van der Waals surface area (Å²) < 4.78 is 25.8. The zero-order valence-corrected chi connectivity index (χ0v) is 11.2. The van der Waals surface area contributed by atoms with Crippen molar-refractivity contribution in [1.29, 1.82) is 0 Å². The fraction of sp³-hybridized carbons (Fsp3) is 0.538. The summed E-state index contributed by atoms with van der Waals surface area (Å²) in [5, 5.41) is 11.2. The van der Waals surface area contributed by atoms with Gasteiger partial charge in [-0.2, -0.15) is 0 Å². The predicted octanol–water partition coefficient (Wildman–Crippen LogP) is 1.98. The van der Waals surface area contributed by atoms with Gasteiger partial charge in [0, 0.05) is 19.2 Å². The molecule has 1 aromatic rings. The molecule has 1 rings (SSSR count). The Kier molecular flexibility index (Phi) is 6.14. The Hall–Kier alpha value is -1.92. The van der Waals surface area contributed by atoms with Crippen LogP contribution in [0.4, 0.5) is 8.78 Å². The van der Waals surface area contributed by atoms with Crippen LogP contribution in [-0.4, -0.2) is 34.5 Å². The number of rotatable bonds is 8. The number of nitrogens with one attached hydrogen (secondary N) is 1. The first-order valence-electron chi connectivity index (χ1n) is 6.33. The molecule has 0 saturated heterocycles. The predicted molar refractivity (Wildman–Crippen MR) is 68.8 cm³/mol. The molecule has 1 amide bonds. The van der Waals surface area contributed by atoms with E-state index in [4.69, 9.17) is 5.11 Å². The summed E-state index contributed by atoms with van der Waals surface area (Å²) in [4.78, 5) is 22.3. The number of hydrogen-bond donors (Lipinski definition) is 2. The van der Waals surface area contributed by atoms with Crippen molar-refractivity contribution in [1.82, 2.24) is 9.88 Å². The van der Waals surface area contributed by atoms with Crippen molar-refractivity contribution in [2.75, 3.05) is 6.54 Å². The average Bonchev–Trinajstić information content (AvgIpc) is 2.80. The number of carbonyl (C=O) groups is 2. The molecule has 0 bridgehead atoms. The fourth-order valence-corrected chi connectivity index (χ4v) is 1.76. The summed E-state index contributed by atoms with van der Waals surface area (Å²) in [6, 6.07) is 3.00. The van der Waals surface area contributed by atoms with Crippen molar-refractivity contribution in [3.05, 3.63) is 24.0 Å². The van der Waals surface area contributed by atoms with Gasteiger partial charge in [0.15, 0.2) is 0 Å². The maximum atomic E-state index is 12.3. The number of aliphatic carboxylic acids is 1. The van der Waals surface area contributed by atoms with Crippen molar-refractivity contribution in [3.63, 3.8) is 0 Å². The highest BCUT2D eigenvalue weighted by molar-refractivity contribution is 5.92. The van der Waals surface area contributed by atoms with Crippen molar-refractivity contribution >= 4 is 11.9 Å². The molecule has 7 heteroatoms. The zero-order chi connectivity index (χ0) is 15.1. The van der Waals surface area contributed by atoms with Gasteiger partial charge >= 0.3 is 5.97 Å². The van der Waals surface area contributed by atoms with Crippen LogP contribution in [0.1, 0.15) is 30.3 Å². The van der Waals surface area contributed by atoms with Gasteiger partial charge in [-0.3, -0.25) is 9.59 Å². The number of carboxylic acid groups (broad SMARTS) is 1. The lowest BCUT2D eigenvalue weighted by atomic mass is 10.1. The van der Waals surface area contributed by atoms with Crippen molar-refractivity contribution in [2.45, 2.75) is 32.7 Å². The highest BCUT2D eigenvalue weighted by atomic mass is 19.3. The van der Waals surface area contributed by atoms with E-state index in [0.717, 1.165) is 0 Å². The topological polar surface area (TPSA) is 71.3 Å². The molecule has 0 aliphatic heterocycles. The molecular formula is C13H18F2N2O3. The fourth-order valence-electron chi connectivity index (χ4n) is 1.76. The molecule has 5 nitrogen and oxygen atoms in total. The highest BCUT2D eigenvalue weighted by Crippen LogP contribution is 2.08. The molecule has 0 fully saturated rings. The first-order valence-corrected chi connectivity index (χ1v) is 6.33. The third kappa shape index (κ3) is 5.38. The molecule has 20 heavy (non-hydrogen) atoms. The molecule has 0 aromatic carbocycles. The molecule has 1 unspecified atom stereocenters. The van der Waals surface area contributed by atoms with Crippen LogP contribution in [-0.2, 0) is 11.3 Å². The summed E-state index contributed by atoms with van der Waals surface area (Å²) >= 11 is 0. The molecule has 1 aromatic heterocycles. The highest BCUT2D eigenvalue weighted by Gasteiger charge is 2.14. The minimum absolute atomic E-state index is 0.00793. The summed E-state index contributed by atoms with van der Waals surface area (Å²) in [6.07, 6.45) is -0.607. The quantitative estimate of drug-likeness (QED) is 0.768. The Morgan fingerprint density at radius 1 is 1.45 bits per heavy atom. The molecule has 0 aliphatic rings. The minimum atomic E-state index is -2.52. The Labute approximate surface area is 115 Å². The number of nitrogens with zero attached hydrogens (tertiary/aromatic N) is 1. The Morgan fingerprint density at radius 2 is 2.15 bits per heavy atom. The van der Waals surface area contributed by atoms with Crippen molar-refractivity contribution in [3.8, 4) is 0 Å². The van der Waals surface area contributed by atoms with E-state index in [0.29, 0.717) is 13.0 Å². The summed E-state index contributed by atoms with van der Waals surface area (Å²) in [7, 11) is 0. The summed E-state index contributed by atoms with van der Waals surface area (Å²) in [5.41, 5.74) is 0.177. The molecule has 1 heterocycles. The van der Waals surface area contributed by atoms with E-state index in [1.807, 2.05) is 6.92 Å². The third-order valence-corrected chi connectivity index (χ3v) is 2.86. The van der Waals surface area contributed by atoms with Crippen molar-refractivity contribution < 1.29 is 23.5 Å². The standard InChI is InChI=1S/C13H18F2N2O3/c1-9(4-5-12(18)19)7-16-13(20)10-3-2-6-17(10)8-11(14)15/h2-3,6,9,11H,4-5,7-8H2,1H3,(H,16,20)(H,18,19). The van der Waals surface area contributed by atoms with E-state index >= 15 is 0 Å². The normalized spacial score (nSPS) is 12.4. The number of amides is 1. The SMILES string of the molecule is CC(CCC(=O)O)CNC(=O)c1cccn1CC(F)F. The number of halogens is 2. The smallest absolute Gasteiger partial charge is 0.303 e. The second-order valence-electron chi connectivity index (χ2n) is 4.68. The van der Waals surface area contributed by atoms with Gasteiger partial charge in [-0.25, -0.2) is 8.78 Å². The van der Waals surface area contributed by atoms with Gasteiger partial charge in [0.25, 0.3) is 12.3 Å². The number of carboxylic acids is 1. The summed E-state index contributed by atoms with van der Waals surface area (Å²) in [5.74, 6) is -1.31. The lowest BCUT2D eigenvalue weighted by Gasteiger charge is -2.13. The lowest BCUT2D eigenvalue weighted by Crippen LogP contribution is -2.30. The largest absolute Gasteiger partial charge is 0.481 e. The first-order chi connectivity index (χ1) is 9.40. The third-order valence-electron chi connectivity index (χ3n) is 2.86. The molecule has 112 valence electrons. The van der Waals surface area contributed by atoms with E-state index < -0.39 is 24.8 Å². The van der Waals surface area contributed by atoms with Crippen molar-refractivity contribution in [2.24, 2.45) is 5.92 Å². The number of aromatic nitrogens is 1. The van der Waals surface area contributed by atoms with Crippen LogP contribution in [0.2, 0.25) is 0 Å². The van der Waals surface area contributed by atoms with E-state index in [1.165, 1.54) is 22.9 Å². The van der Waals surface area contributed by atoms with Gasteiger partial charge in [0.2, 0.25) is 0 Å². The van der Waals surface area contributed by atoms with E-state index in [1.54, 1.807) is 0 Å². The Morgan fingerprint density at radius 3 is 2.75 bits per heavy atom. The van der Waals surface area contributed by atoms with Gasteiger partial charge in [0.1, 0.15) is 5.69 Å². The molecule has 1 atom stereocenters. The van der Waals surface area contributed by atoms with Crippen LogP contribution in [0, 0.1) is 5.92 Å². The Bertz CT molecular complexity index is 460. The van der Waals surface area contributed by atoms with Crippen LogP contribution >= 0.6 is 0 Å². The number of alkyl halides is 2. The number of carbonyl (C=O) groups excluding carboxylic acids is 1. The molecule has 0 aliphatic carbocycles. The van der Waals surface area contributed by atoms with E-state index in [9.17, 15) is 18.4 Å². The first kappa shape index (κ1) is 16.1. The Balaban J connectivity index is 2.46. The molecule has 0 spiro atoms. The van der Waals surface area contributed by atoms with E-state index in [-0.39, 0.29) is 18.0 Å². The van der Waals surface area contributed by atoms with Crippen LogP contribution < -0.4 is 5.32 Å². The lowest BCUT2D eigenvalue weighted by molar-refractivity contribution is -0.137. The monoisotopic (exact) mass is 288 g/mol.